The van der Waals surface area contributed by atoms with Crippen LogP contribution in [0.3, 0.4) is 0 Å². The average molecular weight is 239 g/mol. The molecule has 0 aliphatic rings. The highest BCUT2D eigenvalue weighted by molar-refractivity contribution is 5.77. The summed E-state index contributed by atoms with van der Waals surface area (Å²) in [5.41, 5.74) is 5.47. The standard InChI is InChI=1S/C8H13NO2.C4H6.C2H6/c1-4-11-7(3)6(2)5-8(9)10;1-3-4-2;1-2/h2-5H2,1H3,(H2,9,10);3-4H,1-2H2;1-2H3. The molecule has 0 rings (SSSR count). The van der Waals surface area contributed by atoms with E-state index in [9.17, 15) is 4.79 Å². The van der Waals surface area contributed by atoms with Gasteiger partial charge in [0.15, 0.2) is 0 Å². The maximum absolute atomic E-state index is 10.4. The number of allylic oxidation sites excluding steroid dienone is 3. The van der Waals surface area contributed by atoms with Crippen molar-refractivity contribution in [2.24, 2.45) is 5.73 Å². The molecule has 0 heterocycles. The zero-order valence-corrected chi connectivity index (χ0v) is 11.3. The van der Waals surface area contributed by atoms with Crippen LogP contribution in [0.1, 0.15) is 27.2 Å². The van der Waals surface area contributed by atoms with Crippen molar-refractivity contribution in [2.75, 3.05) is 6.61 Å². The van der Waals surface area contributed by atoms with E-state index in [1.54, 1.807) is 12.2 Å². The van der Waals surface area contributed by atoms with Crippen molar-refractivity contribution in [3.05, 3.63) is 49.8 Å². The van der Waals surface area contributed by atoms with E-state index in [4.69, 9.17) is 10.5 Å². The van der Waals surface area contributed by atoms with Gasteiger partial charge in [0.2, 0.25) is 5.91 Å². The van der Waals surface area contributed by atoms with Gasteiger partial charge < -0.3 is 10.5 Å². The third kappa shape index (κ3) is 20.3. The Morgan fingerprint density at radius 3 is 1.88 bits per heavy atom. The van der Waals surface area contributed by atoms with Crippen molar-refractivity contribution in [3.63, 3.8) is 0 Å². The molecule has 0 spiro atoms. The molecule has 0 unspecified atom stereocenters. The third-order valence-electron chi connectivity index (χ3n) is 1.27. The van der Waals surface area contributed by atoms with Crippen molar-refractivity contribution in [1.82, 2.24) is 0 Å². The molecule has 0 saturated heterocycles. The Labute approximate surface area is 105 Å². The SMILES string of the molecule is C=C(CC(N)=O)C(=C)OCC.C=CC=C.CC. The molecule has 3 heteroatoms. The van der Waals surface area contributed by atoms with E-state index in [1.165, 1.54) is 0 Å². The second kappa shape index (κ2) is 16.7. The van der Waals surface area contributed by atoms with E-state index in [0.717, 1.165) is 0 Å². The van der Waals surface area contributed by atoms with Gasteiger partial charge in [-0.25, -0.2) is 0 Å². The van der Waals surface area contributed by atoms with Gasteiger partial charge in [-0.3, -0.25) is 4.79 Å². The fourth-order valence-electron chi connectivity index (χ4n) is 0.585. The first-order valence-corrected chi connectivity index (χ1v) is 5.51. The van der Waals surface area contributed by atoms with Gasteiger partial charge in [0.25, 0.3) is 0 Å². The van der Waals surface area contributed by atoms with Crippen molar-refractivity contribution < 1.29 is 9.53 Å². The Kier molecular flexibility index (Phi) is 20.2. The molecule has 0 radical (unpaired) electrons. The Morgan fingerprint density at radius 1 is 1.24 bits per heavy atom. The Morgan fingerprint density at radius 2 is 1.65 bits per heavy atom. The summed E-state index contributed by atoms with van der Waals surface area (Å²) < 4.78 is 5.00. The van der Waals surface area contributed by atoms with Crippen LogP contribution < -0.4 is 5.73 Å². The van der Waals surface area contributed by atoms with Crippen molar-refractivity contribution >= 4 is 5.91 Å². The highest BCUT2D eigenvalue weighted by atomic mass is 16.5. The molecule has 0 aliphatic heterocycles. The van der Waals surface area contributed by atoms with Crippen molar-refractivity contribution in [3.8, 4) is 0 Å². The monoisotopic (exact) mass is 239 g/mol. The van der Waals surface area contributed by atoms with Gasteiger partial charge in [0.05, 0.1) is 13.0 Å². The lowest BCUT2D eigenvalue weighted by Crippen LogP contribution is -2.12. The first-order valence-electron chi connectivity index (χ1n) is 5.51. The van der Waals surface area contributed by atoms with Crippen LogP contribution in [0.5, 0.6) is 0 Å². The predicted molar refractivity (Wildman–Crippen MR) is 75.5 cm³/mol. The number of primary amides is 1. The number of ether oxygens (including phenoxy) is 1. The molecular weight excluding hydrogens is 214 g/mol. The molecule has 0 aliphatic carbocycles. The van der Waals surface area contributed by atoms with E-state index in [2.05, 4.69) is 26.3 Å². The molecule has 2 N–H and O–H groups in total. The highest BCUT2D eigenvalue weighted by Gasteiger charge is 2.03. The molecule has 0 aromatic rings. The van der Waals surface area contributed by atoms with Gasteiger partial charge >= 0.3 is 0 Å². The zero-order chi connectivity index (χ0) is 14.3. The van der Waals surface area contributed by atoms with Crippen LogP contribution >= 0.6 is 0 Å². The normalized spacial score (nSPS) is 7.24. The topological polar surface area (TPSA) is 52.3 Å². The zero-order valence-electron chi connectivity index (χ0n) is 11.3. The van der Waals surface area contributed by atoms with Gasteiger partial charge in [0.1, 0.15) is 5.76 Å². The third-order valence-corrected chi connectivity index (χ3v) is 1.27. The molecule has 0 atom stereocenters. The highest BCUT2D eigenvalue weighted by Crippen LogP contribution is 2.09. The van der Waals surface area contributed by atoms with Crippen LogP contribution in [0.2, 0.25) is 0 Å². The summed E-state index contributed by atoms with van der Waals surface area (Å²) in [6.45, 7) is 20.2. The van der Waals surface area contributed by atoms with Crippen LogP contribution in [0.4, 0.5) is 0 Å². The van der Waals surface area contributed by atoms with Crippen LogP contribution in [0, 0.1) is 0 Å². The number of hydrogen-bond acceptors (Lipinski definition) is 2. The second-order valence-corrected chi connectivity index (χ2v) is 2.57. The summed E-state index contributed by atoms with van der Waals surface area (Å²) in [7, 11) is 0. The molecule has 3 nitrogen and oxygen atoms in total. The minimum atomic E-state index is -0.421. The summed E-state index contributed by atoms with van der Waals surface area (Å²) in [5.74, 6) is 0.0159. The maximum atomic E-state index is 10.4. The fourth-order valence-corrected chi connectivity index (χ4v) is 0.585. The van der Waals surface area contributed by atoms with Crippen molar-refractivity contribution in [2.45, 2.75) is 27.2 Å². The van der Waals surface area contributed by atoms with Gasteiger partial charge in [-0.2, -0.15) is 0 Å². The molecule has 0 fully saturated rings. The fraction of sp³-hybridized carbons (Fsp3) is 0.357. The lowest BCUT2D eigenvalue weighted by atomic mass is 10.2. The molecule has 0 saturated carbocycles. The molecule has 0 bridgehead atoms. The van der Waals surface area contributed by atoms with E-state index < -0.39 is 5.91 Å². The lowest BCUT2D eigenvalue weighted by molar-refractivity contribution is -0.117. The van der Waals surface area contributed by atoms with Gasteiger partial charge in [-0.15, -0.1) is 0 Å². The molecule has 1 amide bonds. The summed E-state index contributed by atoms with van der Waals surface area (Å²) in [5, 5.41) is 0. The first-order chi connectivity index (χ1) is 7.99. The van der Waals surface area contributed by atoms with Crippen LogP contribution in [0.25, 0.3) is 0 Å². The van der Waals surface area contributed by atoms with Gasteiger partial charge in [-0.05, 0) is 12.5 Å². The quantitative estimate of drug-likeness (QED) is 0.571. The van der Waals surface area contributed by atoms with Crippen molar-refractivity contribution in [1.29, 1.82) is 0 Å². The number of hydrogen-bond donors (Lipinski definition) is 1. The molecule has 98 valence electrons. The number of carbonyl (C=O) groups excluding carboxylic acids is 1. The summed E-state index contributed by atoms with van der Waals surface area (Å²) in [6, 6.07) is 0. The van der Waals surface area contributed by atoms with Crippen LogP contribution in [-0.4, -0.2) is 12.5 Å². The smallest absolute Gasteiger partial charge is 0.221 e. The van der Waals surface area contributed by atoms with Crippen LogP contribution in [0.15, 0.2) is 49.8 Å². The molecular formula is C14H25NO2. The van der Waals surface area contributed by atoms with Gasteiger partial charge in [-0.1, -0.05) is 52.3 Å². The maximum Gasteiger partial charge on any atom is 0.221 e. The van der Waals surface area contributed by atoms with E-state index >= 15 is 0 Å². The number of nitrogens with two attached hydrogens (primary N) is 1. The Hall–Kier alpha value is -1.77. The second-order valence-electron chi connectivity index (χ2n) is 2.57. The molecule has 17 heavy (non-hydrogen) atoms. The molecule has 0 aromatic carbocycles. The number of rotatable bonds is 6. The minimum absolute atomic E-state index is 0.110. The summed E-state index contributed by atoms with van der Waals surface area (Å²) in [6.07, 6.45) is 3.39. The number of amides is 1. The van der Waals surface area contributed by atoms with E-state index in [0.29, 0.717) is 17.9 Å². The largest absolute Gasteiger partial charge is 0.494 e. The first kappa shape index (κ1) is 20.6. The van der Waals surface area contributed by atoms with Gasteiger partial charge in [0, 0.05) is 0 Å². The van der Waals surface area contributed by atoms with E-state index in [-0.39, 0.29) is 6.42 Å². The van der Waals surface area contributed by atoms with E-state index in [1.807, 2.05) is 20.8 Å². The lowest BCUT2D eigenvalue weighted by Gasteiger charge is -2.07. The summed E-state index contributed by atoms with van der Waals surface area (Å²) >= 11 is 0. The average Bonchev–Trinajstić information content (AvgIpc) is 2.31. The predicted octanol–water partition coefficient (Wildman–Crippen LogP) is 3.35. The Balaban J connectivity index is -0.000000275. The summed E-state index contributed by atoms with van der Waals surface area (Å²) in [4.78, 5) is 10.4. The van der Waals surface area contributed by atoms with Crippen LogP contribution in [-0.2, 0) is 9.53 Å². The number of carbonyl (C=O) groups is 1. The Bertz CT molecular complexity index is 249. The minimum Gasteiger partial charge on any atom is -0.494 e. The molecule has 0 aromatic heterocycles.